The van der Waals surface area contributed by atoms with Crippen molar-refractivity contribution in [3.05, 3.63) is 23.8 Å². The summed E-state index contributed by atoms with van der Waals surface area (Å²) in [5, 5.41) is 0. The molecular formula is C17H28N2O4S. The third-order valence-corrected chi connectivity index (χ3v) is 5.93. The molecule has 2 rings (SSSR count). The Kier molecular flexibility index (Phi) is 7.03. The molecule has 1 aliphatic rings. The molecule has 136 valence electrons. The van der Waals surface area contributed by atoms with Crippen LogP contribution in [0.4, 0.5) is 0 Å². The average molecular weight is 356 g/mol. The first-order valence-electron chi connectivity index (χ1n) is 8.32. The van der Waals surface area contributed by atoms with Crippen molar-refractivity contribution in [1.29, 1.82) is 0 Å². The first kappa shape index (κ1) is 19.2. The van der Waals surface area contributed by atoms with Gasteiger partial charge in [-0.15, -0.1) is 0 Å². The number of hydrogen-bond donors (Lipinski definition) is 1. The van der Waals surface area contributed by atoms with Gasteiger partial charge in [0, 0.05) is 20.2 Å². The van der Waals surface area contributed by atoms with Crippen molar-refractivity contribution in [3.63, 3.8) is 0 Å². The van der Waals surface area contributed by atoms with Crippen LogP contribution in [-0.2, 0) is 14.8 Å². The Bertz CT molecular complexity index is 625. The zero-order valence-electron chi connectivity index (χ0n) is 14.7. The van der Waals surface area contributed by atoms with Crippen molar-refractivity contribution in [2.75, 3.05) is 47.0 Å². The Labute approximate surface area is 145 Å². The van der Waals surface area contributed by atoms with Gasteiger partial charge in [-0.25, -0.2) is 13.1 Å². The average Bonchev–Trinajstić information content (AvgIpc) is 2.59. The maximum absolute atomic E-state index is 12.6. The third-order valence-electron chi connectivity index (χ3n) is 4.49. The van der Waals surface area contributed by atoms with E-state index in [0.29, 0.717) is 18.2 Å². The minimum Gasteiger partial charge on any atom is -0.495 e. The molecule has 0 aliphatic carbocycles. The number of sulfonamides is 1. The summed E-state index contributed by atoms with van der Waals surface area (Å²) in [7, 11) is -0.366. The highest BCUT2D eigenvalue weighted by Gasteiger charge is 2.23. The van der Waals surface area contributed by atoms with Crippen LogP contribution in [0.1, 0.15) is 18.4 Å². The van der Waals surface area contributed by atoms with Crippen molar-refractivity contribution in [3.8, 4) is 5.75 Å². The first-order valence-corrected chi connectivity index (χ1v) is 9.80. The second-order valence-electron chi connectivity index (χ2n) is 6.28. The second-order valence-corrected chi connectivity index (χ2v) is 8.02. The number of piperidine rings is 1. The molecule has 0 atom stereocenters. The third kappa shape index (κ3) is 5.17. The van der Waals surface area contributed by atoms with Gasteiger partial charge in [-0.2, -0.15) is 0 Å². The van der Waals surface area contributed by atoms with E-state index < -0.39 is 10.0 Å². The Balaban J connectivity index is 1.91. The number of benzene rings is 1. The van der Waals surface area contributed by atoms with Crippen LogP contribution in [-0.4, -0.2) is 60.3 Å². The highest BCUT2D eigenvalue weighted by Crippen LogP contribution is 2.25. The molecule has 0 radical (unpaired) electrons. The summed E-state index contributed by atoms with van der Waals surface area (Å²) in [4.78, 5) is 2.57. The van der Waals surface area contributed by atoms with Crippen molar-refractivity contribution in [1.82, 2.24) is 9.62 Å². The van der Waals surface area contributed by atoms with Crippen molar-refractivity contribution < 1.29 is 17.9 Å². The predicted molar refractivity (Wildman–Crippen MR) is 94.0 cm³/mol. The molecule has 0 bridgehead atoms. The lowest BCUT2D eigenvalue weighted by Gasteiger charge is -2.31. The standard InChI is InChI=1S/C17H28N2O4S/c1-14-4-5-16(23-3)17(12-14)24(20,21)18-13-15-6-8-19(9-7-15)10-11-22-2/h4-5,12,15,18H,6-11,13H2,1-3H3. The number of rotatable bonds is 8. The van der Waals surface area contributed by atoms with Crippen LogP contribution in [0.3, 0.4) is 0 Å². The number of likely N-dealkylation sites (tertiary alicyclic amines) is 1. The van der Waals surface area contributed by atoms with Gasteiger partial charge in [-0.05, 0) is 56.5 Å². The van der Waals surface area contributed by atoms with Gasteiger partial charge in [0.15, 0.2) is 0 Å². The fraction of sp³-hybridized carbons (Fsp3) is 0.647. The quantitative estimate of drug-likeness (QED) is 0.767. The van der Waals surface area contributed by atoms with Crippen LogP contribution in [0.2, 0.25) is 0 Å². The topological polar surface area (TPSA) is 67.9 Å². The van der Waals surface area contributed by atoms with E-state index in [4.69, 9.17) is 9.47 Å². The van der Waals surface area contributed by atoms with Crippen molar-refractivity contribution in [2.24, 2.45) is 5.92 Å². The van der Waals surface area contributed by atoms with E-state index >= 15 is 0 Å². The van der Waals surface area contributed by atoms with E-state index in [1.165, 1.54) is 7.11 Å². The Morgan fingerprint density at radius 2 is 1.96 bits per heavy atom. The lowest BCUT2D eigenvalue weighted by atomic mass is 9.97. The van der Waals surface area contributed by atoms with E-state index in [9.17, 15) is 8.42 Å². The van der Waals surface area contributed by atoms with Gasteiger partial charge in [0.1, 0.15) is 10.6 Å². The number of methoxy groups -OCH3 is 2. The van der Waals surface area contributed by atoms with Gasteiger partial charge in [-0.1, -0.05) is 6.07 Å². The molecule has 1 aromatic rings. The Hall–Kier alpha value is -1.15. The Morgan fingerprint density at radius 1 is 1.25 bits per heavy atom. The van der Waals surface area contributed by atoms with E-state index in [2.05, 4.69) is 9.62 Å². The monoisotopic (exact) mass is 356 g/mol. The van der Waals surface area contributed by atoms with Crippen LogP contribution in [0.5, 0.6) is 5.75 Å². The molecule has 0 aromatic heterocycles. The summed E-state index contributed by atoms with van der Waals surface area (Å²) < 4.78 is 38.2. The molecule has 1 N–H and O–H groups in total. The molecule has 1 heterocycles. The minimum atomic E-state index is -3.56. The highest BCUT2D eigenvalue weighted by atomic mass is 32.2. The van der Waals surface area contributed by atoms with E-state index in [1.54, 1.807) is 19.2 Å². The lowest BCUT2D eigenvalue weighted by Crippen LogP contribution is -2.39. The van der Waals surface area contributed by atoms with Crippen LogP contribution >= 0.6 is 0 Å². The molecule has 1 aliphatic heterocycles. The summed E-state index contributed by atoms with van der Waals surface area (Å²) in [6, 6.07) is 5.18. The summed E-state index contributed by atoms with van der Waals surface area (Å²) in [6.07, 6.45) is 1.99. The van der Waals surface area contributed by atoms with E-state index in [-0.39, 0.29) is 4.90 Å². The zero-order valence-corrected chi connectivity index (χ0v) is 15.6. The van der Waals surface area contributed by atoms with Gasteiger partial charge >= 0.3 is 0 Å². The molecular weight excluding hydrogens is 328 g/mol. The largest absolute Gasteiger partial charge is 0.495 e. The molecule has 0 saturated carbocycles. The van der Waals surface area contributed by atoms with Crippen molar-refractivity contribution in [2.45, 2.75) is 24.7 Å². The SMILES string of the molecule is COCCN1CCC(CNS(=O)(=O)c2cc(C)ccc2OC)CC1. The van der Waals surface area contributed by atoms with Crippen LogP contribution < -0.4 is 9.46 Å². The number of nitrogens with one attached hydrogen (secondary N) is 1. The van der Waals surface area contributed by atoms with Gasteiger partial charge in [0.05, 0.1) is 13.7 Å². The van der Waals surface area contributed by atoms with Crippen LogP contribution in [0.25, 0.3) is 0 Å². The molecule has 24 heavy (non-hydrogen) atoms. The van der Waals surface area contributed by atoms with E-state index in [1.807, 2.05) is 13.0 Å². The summed E-state index contributed by atoms with van der Waals surface area (Å²) in [5.74, 6) is 0.747. The maximum Gasteiger partial charge on any atom is 0.244 e. The lowest BCUT2D eigenvalue weighted by molar-refractivity contribution is 0.121. The fourth-order valence-electron chi connectivity index (χ4n) is 2.93. The molecule has 1 saturated heterocycles. The second kappa shape index (κ2) is 8.80. The zero-order chi connectivity index (χ0) is 17.6. The minimum absolute atomic E-state index is 0.211. The van der Waals surface area contributed by atoms with E-state index in [0.717, 1.165) is 44.6 Å². The molecule has 6 nitrogen and oxygen atoms in total. The van der Waals surface area contributed by atoms with Crippen molar-refractivity contribution >= 4 is 10.0 Å². The number of hydrogen-bond acceptors (Lipinski definition) is 5. The molecule has 1 fully saturated rings. The van der Waals surface area contributed by atoms with Gasteiger partial charge in [0.25, 0.3) is 0 Å². The van der Waals surface area contributed by atoms with Crippen LogP contribution in [0.15, 0.2) is 23.1 Å². The van der Waals surface area contributed by atoms with Gasteiger partial charge in [0.2, 0.25) is 10.0 Å². The number of nitrogens with zero attached hydrogens (tertiary/aromatic N) is 1. The normalized spacial score (nSPS) is 17.1. The number of aryl methyl sites for hydroxylation is 1. The fourth-order valence-corrected chi connectivity index (χ4v) is 4.30. The summed E-state index contributed by atoms with van der Waals surface area (Å²) in [5.41, 5.74) is 0.891. The van der Waals surface area contributed by atoms with Crippen LogP contribution in [0, 0.1) is 12.8 Å². The predicted octanol–water partition coefficient (Wildman–Crippen LogP) is 1.64. The first-order chi connectivity index (χ1) is 11.5. The molecule has 0 amide bonds. The Morgan fingerprint density at radius 3 is 2.58 bits per heavy atom. The molecule has 0 spiro atoms. The smallest absolute Gasteiger partial charge is 0.244 e. The van der Waals surface area contributed by atoms with Gasteiger partial charge in [-0.3, -0.25) is 0 Å². The maximum atomic E-state index is 12.6. The molecule has 7 heteroatoms. The summed E-state index contributed by atoms with van der Waals surface area (Å²) >= 11 is 0. The number of ether oxygens (including phenoxy) is 2. The highest BCUT2D eigenvalue weighted by molar-refractivity contribution is 7.89. The summed E-state index contributed by atoms with van der Waals surface area (Å²) in [6.45, 7) is 6.00. The molecule has 0 unspecified atom stereocenters. The van der Waals surface area contributed by atoms with Gasteiger partial charge < -0.3 is 14.4 Å². The molecule has 1 aromatic carbocycles.